The van der Waals surface area contributed by atoms with E-state index in [9.17, 15) is 0 Å². The summed E-state index contributed by atoms with van der Waals surface area (Å²) in [4.78, 5) is 4.16. The Labute approximate surface area is 93.2 Å². The van der Waals surface area contributed by atoms with Gasteiger partial charge in [-0.3, -0.25) is 4.68 Å². The van der Waals surface area contributed by atoms with Crippen molar-refractivity contribution in [3.63, 3.8) is 0 Å². The summed E-state index contributed by atoms with van der Waals surface area (Å²) in [5.74, 6) is 0.984. The van der Waals surface area contributed by atoms with Crippen molar-refractivity contribution >= 4 is 15.9 Å². The predicted molar refractivity (Wildman–Crippen MR) is 60.3 cm³/mol. The minimum Gasteiger partial charge on any atom is -0.307 e. The summed E-state index contributed by atoms with van der Waals surface area (Å²) in [5, 5.41) is 8.52. The zero-order chi connectivity index (χ0) is 10.4. The molecule has 1 aromatic heterocycles. The zero-order valence-corrected chi connectivity index (χ0v) is 10.3. The van der Waals surface area contributed by atoms with Gasteiger partial charge in [0.1, 0.15) is 12.2 Å². The first-order chi connectivity index (χ1) is 6.77. The second kappa shape index (κ2) is 6.14. The first-order valence-corrected chi connectivity index (χ1v) is 6.02. The molecule has 0 aliphatic rings. The Balaban J connectivity index is 2.35. The van der Waals surface area contributed by atoms with Crippen LogP contribution in [-0.4, -0.2) is 26.1 Å². The lowest BCUT2D eigenvalue weighted by Gasteiger charge is -2.14. The fourth-order valence-electron chi connectivity index (χ4n) is 1.30. The number of hydrogen-bond donors (Lipinski definition) is 1. The molecule has 1 unspecified atom stereocenters. The predicted octanol–water partition coefficient (Wildman–Crippen LogP) is 1.47. The molecule has 5 heteroatoms. The summed E-state index contributed by atoms with van der Waals surface area (Å²) in [5.41, 5.74) is 0. The Morgan fingerprint density at radius 2 is 2.43 bits per heavy atom. The maximum Gasteiger partial charge on any atom is 0.140 e. The minimum absolute atomic E-state index is 0.561. The van der Waals surface area contributed by atoms with E-state index in [0.717, 1.165) is 30.5 Å². The van der Waals surface area contributed by atoms with Gasteiger partial charge >= 0.3 is 0 Å². The van der Waals surface area contributed by atoms with E-state index in [4.69, 9.17) is 0 Å². The van der Waals surface area contributed by atoms with E-state index in [1.54, 1.807) is 11.0 Å². The number of rotatable bonds is 6. The van der Waals surface area contributed by atoms with Crippen molar-refractivity contribution in [1.82, 2.24) is 20.1 Å². The number of halogens is 1. The van der Waals surface area contributed by atoms with Crippen LogP contribution in [0, 0.1) is 0 Å². The third-order valence-corrected chi connectivity index (χ3v) is 2.76. The van der Waals surface area contributed by atoms with Gasteiger partial charge < -0.3 is 5.32 Å². The standard InChI is InChI=1S/C9H17BrN4/c1-3-8(4-5-10)11-6-9-12-7-13-14(9)2/h7-8,11H,3-6H2,1-2H3. The van der Waals surface area contributed by atoms with Crippen molar-refractivity contribution in [1.29, 1.82) is 0 Å². The first kappa shape index (κ1) is 11.7. The average Bonchev–Trinajstić information content (AvgIpc) is 2.59. The maximum absolute atomic E-state index is 4.16. The molecule has 0 aliphatic carbocycles. The third-order valence-electron chi connectivity index (χ3n) is 2.30. The SMILES string of the molecule is CCC(CCBr)NCc1ncnn1C. The molecule has 80 valence electrons. The van der Waals surface area contributed by atoms with Gasteiger partial charge in [-0.1, -0.05) is 22.9 Å². The van der Waals surface area contributed by atoms with Crippen molar-refractivity contribution in [3.8, 4) is 0 Å². The van der Waals surface area contributed by atoms with Crippen molar-refractivity contribution in [2.45, 2.75) is 32.4 Å². The van der Waals surface area contributed by atoms with Crippen LogP contribution in [0.4, 0.5) is 0 Å². The van der Waals surface area contributed by atoms with Crippen LogP contribution in [0.1, 0.15) is 25.6 Å². The number of aryl methyl sites for hydroxylation is 1. The topological polar surface area (TPSA) is 42.7 Å². The summed E-state index contributed by atoms with van der Waals surface area (Å²) in [6.07, 6.45) is 3.88. The molecule has 1 atom stereocenters. The van der Waals surface area contributed by atoms with Crippen LogP contribution in [0.5, 0.6) is 0 Å². The molecule has 1 heterocycles. The van der Waals surface area contributed by atoms with Gasteiger partial charge in [-0.2, -0.15) is 5.10 Å². The van der Waals surface area contributed by atoms with Gasteiger partial charge in [0, 0.05) is 18.4 Å². The van der Waals surface area contributed by atoms with E-state index in [0.29, 0.717) is 6.04 Å². The lowest BCUT2D eigenvalue weighted by Crippen LogP contribution is -2.29. The van der Waals surface area contributed by atoms with E-state index < -0.39 is 0 Å². The smallest absolute Gasteiger partial charge is 0.140 e. The largest absolute Gasteiger partial charge is 0.307 e. The molecule has 4 nitrogen and oxygen atoms in total. The maximum atomic E-state index is 4.16. The zero-order valence-electron chi connectivity index (χ0n) is 8.70. The quantitative estimate of drug-likeness (QED) is 0.788. The highest BCUT2D eigenvalue weighted by molar-refractivity contribution is 9.09. The van der Waals surface area contributed by atoms with Gasteiger partial charge in [0.2, 0.25) is 0 Å². The summed E-state index contributed by atoms with van der Waals surface area (Å²) >= 11 is 3.45. The second-order valence-corrected chi connectivity index (χ2v) is 4.06. The molecular formula is C9H17BrN4. The van der Waals surface area contributed by atoms with Crippen molar-refractivity contribution in [2.24, 2.45) is 7.05 Å². The molecule has 0 radical (unpaired) electrons. The molecule has 0 spiro atoms. The van der Waals surface area contributed by atoms with E-state index >= 15 is 0 Å². The van der Waals surface area contributed by atoms with Gasteiger partial charge in [0.05, 0.1) is 6.54 Å². The molecule has 0 amide bonds. The molecule has 1 rings (SSSR count). The van der Waals surface area contributed by atoms with Gasteiger partial charge in [0.15, 0.2) is 0 Å². The van der Waals surface area contributed by atoms with E-state index in [1.807, 2.05) is 7.05 Å². The summed E-state index contributed by atoms with van der Waals surface area (Å²) in [6, 6.07) is 0.561. The minimum atomic E-state index is 0.561. The molecule has 0 aliphatic heterocycles. The Hall–Kier alpha value is -0.420. The number of nitrogens with zero attached hydrogens (tertiary/aromatic N) is 3. The lowest BCUT2D eigenvalue weighted by molar-refractivity contribution is 0.471. The van der Waals surface area contributed by atoms with Crippen molar-refractivity contribution in [3.05, 3.63) is 12.2 Å². The van der Waals surface area contributed by atoms with Crippen LogP contribution < -0.4 is 5.32 Å². The highest BCUT2D eigenvalue weighted by atomic mass is 79.9. The highest BCUT2D eigenvalue weighted by Gasteiger charge is 2.06. The van der Waals surface area contributed by atoms with E-state index in [1.165, 1.54) is 0 Å². The molecule has 0 fully saturated rings. The van der Waals surface area contributed by atoms with Crippen LogP contribution in [0.25, 0.3) is 0 Å². The monoisotopic (exact) mass is 260 g/mol. The third kappa shape index (κ3) is 3.38. The van der Waals surface area contributed by atoms with Crippen LogP contribution in [0.3, 0.4) is 0 Å². The summed E-state index contributed by atoms with van der Waals surface area (Å²) < 4.78 is 1.80. The summed E-state index contributed by atoms with van der Waals surface area (Å²) in [6.45, 7) is 2.99. The number of aromatic nitrogens is 3. The summed E-state index contributed by atoms with van der Waals surface area (Å²) in [7, 11) is 1.91. The number of hydrogen-bond acceptors (Lipinski definition) is 3. The Morgan fingerprint density at radius 1 is 1.64 bits per heavy atom. The number of alkyl halides is 1. The Morgan fingerprint density at radius 3 is 2.93 bits per heavy atom. The molecule has 0 saturated heterocycles. The van der Waals surface area contributed by atoms with Gasteiger partial charge in [-0.05, 0) is 12.8 Å². The second-order valence-electron chi connectivity index (χ2n) is 3.26. The van der Waals surface area contributed by atoms with Crippen molar-refractivity contribution in [2.75, 3.05) is 5.33 Å². The molecule has 0 bridgehead atoms. The molecule has 1 N–H and O–H groups in total. The highest BCUT2D eigenvalue weighted by Crippen LogP contribution is 2.01. The fraction of sp³-hybridized carbons (Fsp3) is 0.778. The molecule has 14 heavy (non-hydrogen) atoms. The Bertz CT molecular complexity index is 261. The normalized spacial score (nSPS) is 13.1. The van der Waals surface area contributed by atoms with Crippen molar-refractivity contribution < 1.29 is 0 Å². The lowest BCUT2D eigenvalue weighted by atomic mass is 10.2. The first-order valence-electron chi connectivity index (χ1n) is 4.90. The molecule has 0 saturated carbocycles. The molecule has 1 aromatic rings. The number of nitrogens with one attached hydrogen (secondary N) is 1. The fourth-order valence-corrected chi connectivity index (χ4v) is 1.85. The molecular weight excluding hydrogens is 244 g/mol. The Kier molecular flexibility index (Phi) is 5.11. The van der Waals surface area contributed by atoms with E-state index in [-0.39, 0.29) is 0 Å². The van der Waals surface area contributed by atoms with Crippen LogP contribution in [0.15, 0.2) is 6.33 Å². The molecule has 0 aromatic carbocycles. The van der Waals surface area contributed by atoms with Crippen LogP contribution in [0.2, 0.25) is 0 Å². The average molecular weight is 261 g/mol. The van der Waals surface area contributed by atoms with E-state index in [2.05, 4.69) is 38.3 Å². The van der Waals surface area contributed by atoms with Gasteiger partial charge in [-0.15, -0.1) is 0 Å². The van der Waals surface area contributed by atoms with Crippen LogP contribution >= 0.6 is 15.9 Å². The van der Waals surface area contributed by atoms with Crippen LogP contribution in [-0.2, 0) is 13.6 Å². The van der Waals surface area contributed by atoms with Gasteiger partial charge in [-0.25, -0.2) is 4.98 Å². The van der Waals surface area contributed by atoms with Gasteiger partial charge in [0.25, 0.3) is 0 Å².